The van der Waals surface area contributed by atoms with Crippen LogP contribution in [0.3, 0.4) is 0 Å². The molecular weight excluding hydrogens is 372 g/mol. The Balaban J connectivity index is 1.65. The van der Waals surface area contributed by atoms with Crippen molar-refractivity contribution in [3.05, 3.63) is 63.7 Å². The second-order valence-electron chi connectivity index (χ2n) is 5.65. The van der Waals surface area contributed by atoms with Crippen LogP contribution in [-0.2, 0) is 4.79 Å². The van der Waals surface area contributed by atoms with Gasteiger partial charge in [0.05, 0.1) is 20.8 Å². The number of nitrogens with one attached hydrogen (secondary N) is 1. The van der Waals surface area contributed by atoms with E-state index in [9.17, 15) is 14.9 Å². The molecule has 3 rings (SSSR count). The smallest absolute Gasteiger partial charge is 0.274 e. The van der Waals surface area contributed by atoms with Crippen LogP contribution in [-0.4, -0.2) is 28.9 Å². The number of hydrogen-bond donors (Lipinski definition) is 1. The fraction of sp³-hybridized carbons (Fsp3) is 0.278. The zero-order valence-electron chi connectivity index (χ0n) is 14.1. The third-order valence-electron chi connectivity index (χ3n) is 3.93. The highest BCUT2D eigenvalue weighted by Gasteiger charge is 2.22. The molecule has 8 heteroatoms. The first kappa shape index (κ1) is 18.6. The van der Waals surface area contributed by atoms with Gasteiger partial charge in [0, 0.05) is 23.1 Å². The molecule has 0 aromatic heterocycles. The third kappa shape index (κ3) is 4.31. The number of hydrogen-bond acceptors (Lipinski definition) is 6. The van der Waals surface area contributed by atoms with Crippen molar-refractivity contribution in [2.45, 2.75) is 11.5 Å². The van der Waals surface area contributed by atoms with E-state index in [1.165, 1.54) is 6.07 Å². The van der Waals surface area contributed by atoms with Crippen LogP contribution in [0.2, 0.25) is 0 Å². The van der Waals surface area contributed by atoms with Crippen molar-refractivity contribution in [2.24, 2.45) is 0 Å². The summed E-state index contributed by atoms with van der Waals surface area (Å²) in [7, 11) is 0. The van der Waals surface area contributed by atoms with E-state index in [0.717, 1.165) is 17.1 Å². The highest BCUT2D eigenvalue weighted by atomic mass is 32.2. The largest absolute Gasteiger partial charge is 0.483 e. The topological polar surface area (TPSA) is 81.5 Å². The van der Waals surface area contributed by atoms with E-state index >= 15 is 0 Å². The number of anilines is 1. The molecule has 26 heavy (non-hydrogen) atoms. The molecule has 0 unspecified atom stereocenters. The van der Waals surface area contributed by atoms with Crippen molar-refractivity contribution >= 4 is 40.8 Å². The normalized spacial score (nSPS) is 14.2. The Morgan fingerprint density at radius 3 is 2.69 bits per heavy atom. The Hall–Kier alpha value is -2.19. The standard InChI is InChI=1S/C18H18N2O4S2/c1-12-14(6-4-7-15(12)20(22)23)19-17(21)11-24-16-8-3-2-5-13(16)18-25-9-10-26-18/h2-8,18H,9-11H2,1H3,(H,19,21). The molecule has 0 saturated carbocycles. The number of thioether (sulfide) groups is 2. The maximum atomic E-state index is 12.2. The van der Waals surface area contributed by atoms with Gasteiger partial charge in [0.25, 0.3) is 11.6 Å². The van der Waals surface area contributed by atoms with E-state index in [-0.39, 0.29) is 18.2 Å². The van der Waals surface area contributed by atoms with E-state index in [2.05, 4.69) is 5.32 Å². The van der Waals surface area contributed by atoms with Crippen LogP contribution >= 0.6 is 23.5 Å². The van der Waals surface area contributed by atoms with Crippen molar-refractivity contribution in [2.75, 3.05) is 23.4 Å². The monoisotopic (exact) mass is 390 g/mol. The molecule has 6 nitrogen and oxygen atoms in total. The van der Waals surface area contributed by atoms with Gasteiger partial charge >= 0.3 is 0 Å². The Labute approximate surface area is 159 Å². The van der Waals surface area contributed by atoms with Crippen LogP contribution in [0.4, 0.5) is 11.4 Å². The second-order valence-corrected chi connectivity index (χ2v) is 8.38. The van der Waals surface area contributed by atoms with E-state index in [1.807, 2.05) is 47.8 Å². The number of nitro benzene ring substituents is 1. The Morgan fingerprint density at radius 2 is 1.96 bits per heavy atom. The summed E-state index contributed by atoms with van der Waals surface area (Å²) in [4.78, 5) is 22.8. The van der Waals surface area contributed by atoms with E-state index < -0.39 is 4.92 Å². The summed E-state index contributed by atoms with van der Waals surface area (Å²) in [6, 6.07) is 12.3. The maximum absolute atomic E-state index is 12.2. The van der Waals surface area contributed by atoms with Gasteiger partial charge in [-0.25, -0.2) is 0 Å². The Bertz CT molecular complexity index is 823. The molecule has 1 amide bonds. The highest BCUT2D eigenvalue weighted by molar-refractivity contribution is 8.19. The lowest BCUT2D eigenvalue weighted by Gasteiger charge is -2.15. The number of benzene rings is 2. The zero-order chi connectivity index (χ0) is 18.5. The maximum Gasteiger partial charge on any atom is 0.274 e. The van der Waals surface area contributed by atoms with Crippen LogP contribution in [0.15, 0.2) is 42.5 Å². The summed E-state index contributed by atoms with van der Waals surface area (Å²) in [6.45, 7) is 1.46. The van der Waals surface area contributed by atoms with Crippen LogP contribution < -0.4 is 10.1 Å². The summed E-state index contributed by atoms with van der Waals surface area (Å²) in [6.07, 6.45) is 0. The average molecular weight is 390 g/mol. The molecule has 1 fully saturated rings. The first-order valence-corrected chi connectivity index (χ1v) is 10.1. The number of amides is 1. The van der Waals surface area contributed by atoms with Gasteiger partial charge in [0.15, 0.2) is 6.61 Å². The summed E-state index contributed by atoms with van der Waals surface area (Å²) in [5, 5.41) is 13.7. The van der Waals surface area contributed by atoms with Crippen molar-refractivity contribution in [3.8, 4) is 5.75 Å². The number of nitrogens with zero attached hydrogens (tertiary/aromatic N) is 1. The molecule has 2 aromatic carbocycles. The first-order valence-electron chi connectivity index (χ1n) is 8.05. The second kappa shape index (κ2) is 8.46. The van der Waals surface area contributed by atoms with Gasteiger partial charge in [0.1, 0.15) is 5.75 Å². The Kier molecular flexibility index (Phi) is 6.05. The molecule has 0 spiro atoms. The van der Waals surface area contributed by atoms with Gasteiger partial charge in [0.2, 0.25) is 0 Å². The number of carbonyl (C=O) groups is 1. The SMILES string of the molecule is Cc1c(NC(=O)COc2ccccc2C2SCCS2)cccc1[N+](=O)[O-]. The van der Waals surface area contributed by atoms with Crippen LogP contribution in [0.1, 0.15) is 15.7 Å². The zero-order valence-corrected chi connectivity index (χ0v) is 15.8. The van der Waals surface area contributed by atoms with Gasteiger partial charge < -0.3 is 10.1 Å². The molecule has 1 N–H and O–H groups in total. The predicted octanol–water partition coefficient (Wildman–Crippen LogP) is 4.40. The van der Waals surface area contributed by atoms with E-state index in [1.54, 1.807) is 19.1 Å². The van der Waals surface area contributed by atoms with Crippen molar-refractivity contribution in [1.29, 1.82) is 0 Å². The quantitative estimate of drug-likeness (QED) is 0.582. The average Bonchev–Trinajstić information content (AvgIpc) is 3.16. The number of para-hydroxylation sites is 1. The minimum atomic E-state index is -0.464. The van der Waals surface area contributed by atoms with E-state index in [0.29, 0.717) is 21.6 Å². The highest BCUT2D eigenvalue weighted by Crippen LogP contribution is 2.48. The van der Waals surface area contributed by atoms with Gasteiger partial charge in [-0.15, -0.1) is 23.5 Å². The van der Waals surface area contributed by atoms with E-state index in [4.69, 9.17) is 4.74 Å². The molecule has 1 aliphatic heterocycles. The number of nitro groups is 1. The van der Waals surface area contributed by atoms with Gasteiger partial charge in [-0.3, -0.25) is 14.9 Å². The summed E-state index contributed by atoms with van der Waals surface area (Å²) < 4.78 is 6.06. The number of rotatable bonds is 6. The van der Waals surface area contributed by atoms with Crippen LogP contribution in [0, 0.1) is 17.0 Å². The van der Waals surface area contributed by atoms with Crippen LogP contribution in [0.5, 0.6) is 5.75 Å². The van der Waals surface area contributed by atoms with Crippen molar-refractivity contribution in [1.82, 2.24) is 0 Å². The van der Waals surface area contributed by atoms with Crippen molar-refractivity contribution in [3.63, 3.8) is 0 Å². The molecule has 1 saturated heterocycles. The molecule has 0 aliphatic carbocycles. The fourth-order valence-corrected chi connectivity index (χ4v) is 5.54. The molecular formula is C18H18N2O4S2. The molecule has 1 aliphatic rings. The lowest BCUT2D eigenvalue weighted by atomic mass is 10.1. The molecule has 0 bridgehead atoms. The summed E-state index contributed by atoms with van der Waals surface area (Å²) in [5.74, 6) is 2.56. The third-order valence-corrected chi connectivity index (χ3v) is 7.00. The fourth-order valence-electron chi connectivity index (χ4n) is 2.63. The lowest BCUT2D eigenvalue weighted by Crippen LogP contribution is -2.21. The summed E-state index contributed by atoms with van der Waals surface area (Å²) >= 11 is 3.74. The minimum absolute atomic E-state index is 0.0238. The van der Waals surface area contributed by atoms with Gasteiger partial charge in [-0.05, 0) is 19.1 Å². The minimum Gasteiger partial charge on any atom is -0.483 e. The summed E-state index contributed by atoms with van der Waals surface area (Å²) in [5.41, 5.74) is 1.90. The first-order chi connectivity index (χ1) is 12.6. The molecule has 0 atom stereocenters. The molecule has 0 radical (unpaired) electrons. The molecule has 1 heterocycles. The molecule has 136 valence electrons. The Morgan fingerprint density at radius 1 is 1.23 bits per heavy atom. The number of ether oxygens (including phenoxy) is 1. The lowest BCUT2D eigenvalue weighted by molar-refractivity contribution is -0.385. The van der Waals surface area contributed by atoms with Gasteiger partial charge in [-0.1, -0.05) is 24.3 Å². The van der Waals surface area contributed by atoms with Crippen molar-refractivity contribution < 1.29 is 14.5 Å². The predicted molar refractivity (Wildman–Crippen MR) is 106 cm³/mol. The van der Waals surface area contributed by atoms with Gasteiger partial charge in [-0.2, -0.15) is 0 Å². The van der Waals surface area contributed by atoms with Crippen LogP contribution in [0.25, 0.3) is 0 Å². The molecule has 2 aromatic rings. The number of carbonyl (C=O) groups excluding carboxylic acids is 1.